The number of thioether (sulfide) groups is 1. The number of hydrogen-bond acceptors (Lipinski definition) is 6. The maximum absolute atomic E-state index is 12.7. The van der Waals surface area contributed by atoms with Gasteiger partial charge in [0.1, 0.15) is 11.1 Å². The van der Waals surface area contributed by atoms with E-state index in [0.29, 0.717) is 44.1 Å². The molecular weight excluding hydrogens is 497 g/mol. The van der Waals surface area contributed by atoms with E-state index in [1.807, 2.05) is 17.6 Å². The third kappa shape index (κ3) is 5.07. The number of nitrogens with zero attached hydrogens (tertiary/aromatic N) is 4. The van der Waals surface area contributed by atoms with Crippen molar-refractivity contribution in [1.82, 2.24) is 14.8 Å². The highest BCUT2D eigenvalue weighted by molar-refractivity contribution is 7.99. The van der Waals surface area contributed by atoms with Crippen molar-refractivity contribution >= 4 is 57.2 Å². The zero-order valence-corrected chi connectivity index (χ0v) is 21.5. The highest BCUT2D eigenvalue weighted by Gasteiger charge is 2.26. The van der Waals surface area contributed by atoms with Crippen molar-refractivity contribution in [3.8, 4) is 17.5 Å². The van der Waals surface area contributed by atoms with Crippen molar-refractivity contribution in [3.05, 3.63) is 44.2 Å². The van der Waals surface area contributed by atoms with Crippen LogP contribution in [-0.2, 0) is 24.2 Å². The first kappa shape index (κ1) is 24.1. The Morgan fingerprint density at radius 2 is 2.15 bits per heavy atom. The van der Waals surface area contributed by atoms with Gasteiger partial charge < -0.3 is 9.88 Å². The van der Waals surface area contributed by atoms with Gasteiger partial charge in [0, 0.05) is 17.0 Å². The number of carbonyl (C=O) groups is 1. The second kappa shape index (κ2) is 10.5. The number of benzene rings is 1. The van der Waals surface area contributed by atoms with E-state index in [2.05, 4.69) is 28.5 Å². The molecule has 2 heterocycles. The molecule has 0 bridgehead atoms. The molecule has 172 valence electrons. The summed E-state index contributed by atoms with van der Waals surface area (Å²) in [5, 5.41) is 23.4. The van der Waals surface area contributed by atoms with E-state index in [-0.39, 0.29) is 11.7 Å². The van der Waals surface area contributed by atoms with E-state index in [1.54, 1.807) is 23.5 Å². The summed E-state index contributed by atoms with van der Waals surface area (Å²) in [4.78, 5) is 14.0. The molecule has 0 fully saturated rings. The molecule has 1 aromatic carbocycles. The third-order valence-corrected chi connectivity index (χ3v) is 8.73. The van der Waals surface area contributed by atoms with Gasteiger partial charge in [-0.25, -0.2) is 0 Å². The molecule has 0 saturated heterocycles. The number of anilines is 1. The molecule has 33 heavy (non-hydrogen) atoms. The highest BCUT2D eigenvalue weighted by Crippen LogP contribution is 2.40. The topological polar surface area (TPSA) is 83.6 Å². The lowest BCUT2D eigenvalue weighted by molar-refractivity contribution is -0.113. The van der Waals surface area contributed by atoms with Crippen LogP contribution in [0.5, 0.6) is 0 Å². The van der Waals surface area contributed by atoms with Crippen LogP contribution < -0.4 is 5.32 Å². The number of aromatic nitrogens is 3. The average molecular weight is 521 g/mol. The summed E-state index contributed by atoms with van der Waals surface area (Å²) in [6, 6.07) is 7.63. The molecule has 10 heteroatoms. The molecule has 1 aliphatic rings. The molecule has 6 nitrogen and oxygen atoms in total. The molecule has 1 amide bonds. The molecule has 0 aliphatic heterocycles. The largest absolute Gasteiger partial charge is 0.316 e. The van der Waals surface area contributed by atoms with Crippen molar-refractivity contribution in [2.75, 3.05) is 11.1 Å². The smallest absolute Gasteiger partial charge is 0.235 e. The Morgan fingerprint density at radius 3 is 2.85 bits per heavy atom. The number of nitriles is 1. The van der Waals surface area contributed by atoms with Gasteiger partial charge in [0.2, 0.25) is 5.91 Å². The second-order valence-electron chi connectivity index (χ2n) is 7.85. The fourth-order valence-corrected chi connectivity index (χ4v) is 6.46. The fraction of sp³-hybridized carbons (Fsp3) is 0.391. The molecule has 1 unspecified atom stereocenters. The van der Waals surface area contributed by atoms with Crippen LogP contribution in [0.3, 0.4) is 0 Å². The summed E-state index contributed by atoms with van der Waals surface area (Å²) < 4.78 is 1.94. The van der Waals surface area contributed by atoms with E-state index in [1.165, 1.54) is 16.6 Å². The number of nitrogens with one attached hydrogen (secondary N) is 1. The standard InChI is InChI=1S/C23H23Cl2N5OS2/c1-3-13-5-7-15-16(11-26)22(33-19(15)9-13)27-20(31)12-32-23-29-28-21(30(23)4-2)14-6-8-17(24)18(25)10-14/h6,8,10,13H,3-5,7,9,12H2,1-2H3,(H,27,31). The summed E-state index contributed by atoms with van der Waals surface area (Å²) >= 11 is 15.0. The maximum atomic E-state index is 12.7. The van der Waals surface area contributed by atoms with Gasteiger partial charge >= 0.3 is 0 Å². The van der Waals surface area contributed by atoms with Crippen LogP contribution in [-0.4, -0.2) is 26.4 Å². The van der Waals surface area contributed by atoms with Crippen LogP contribution >= 0.6 is 46.3 Å². The summed E-state index contributed by atoms with van der Waals surface area (Å²) in [7, 11) is 0. The van der Waals surface area contributed by atoms with Crippen LogP contribution in [0.25, 0.3) is 11.4 Å². The minimum absolute atomic E-state index is 0.163. The van der Waals surface area contributed by atoms with Gasteiger partial charge in [0.15, 0.2) is 11.0 Å². The number of thiophene rings is 1. The Balaban J connectivity index is 1.46. The number of halogens is 2. The van der Waals surface area contributed by atoms with E-state index in [9.17, 15) is 10.1 Å². The van der Waals surface area contributed by atoms with Crippen LogP contribution in [0, 0.1) is 17.2 Å². The first-order chi connectivity index (χ1) is 15.9. The van der Waals surface area contributed by atoms with Crippen molar-refractivity contribution < 1.29 is 4.79 Å². The summed E-state index contributed by atoms with van der Waals surface area (Å²) in [6.45, 7) is 4.84. The minimum atomic E-state index is -0.163. The normalized spacial score (nSPS) is 15.2. The Labute approximate surface area is 211 Å². The van der Waals surface area contributed by atoms with Gasteiger partial charge in [-0.05, 0) is 55.9 Å². The number of rotatable bonds is 7. The van der Waals surface area contributed by atoms with Crippen LogP contribution in [0.2, 0.25) is 10.0 Å². The molecule has 3 aromatic rings. The summed E-state index contributed by atoms with van der Waals surface area (Å²) in [5.74, 6) is 1.34. The third-order valence-electron chi connectivity index (χ3n) is 5.85. The van der Waals surface area contributed by atoms with E-state index >= 15 is 0 Å². The molecule has 0 spiro atoms. The Bertz CT molecular complexity index is 1230. The van der Waals surface area contributed by atoms with Gasteiger partial charge in [-0.3, -0.25) is 4.79 Å². The quantitative estimate of drug-likeness (QED) is 0.362. The first-order valence-electron chi connectivity index (χ1n) is 10.8. The number of fused-ring (bicyclic) bond motifs is 1. The summed E-state index contributed by atoms with van der Waals surface area (Å²) in [5.41, 5.74) is 2.55. The number of hydrogen-bond donors (Lipinski definition) is 1. The lowest BCUT2D eigenvalue weighted by Gasteiger charge is -2.20. The Hall–Kier alpha value is -2.05. The number of carbonyl (C=O) groups excluding carboxylic acids is 1. The molecule has 0 saturated carbocycles. The molecule has 0 radical (unpaired) electrons. The predicted octanol–water partition coefficient (Wildman–Crippen LogP) is 6.45. The lowest BCUT2D eigenvalue weighted by atomic mass is 9.86. The monoisotopic (exact) mass is 519 g/mol. The zero-order valence-electron chi connectivity index (χ0n) is 18.3. The predicted molar refractivity (Wildman–Crippen MR) is 135 cm³/mol. The van der Waals surface area contributed by atoms with Gasteiger partial charge in [-0.2, -0.15) is 5.26 Å². The molecule has 1 N–H and O–H groups in total. The first-order valence-corrected chi connectivity index (χ1v) is 13.4. The minimum Gasteiger partial charge on any atom is -0.316 e. The van der Waals surface area contributed by atoms with Crippen LogP contribution in [0.1, 0.15) is 42.7 Å². The molecule has 1 aliphatic carbocycles. The average Bonchev–Trinajstić information content (AvgIpc) is 3.38. The summed E-state index contributed by atoms with van der Waals surface area (Å²) in [6.07, 6.45) is 4.15. The molecular formula is C23H23Cl2N5OS2. The van der Waals surface area contributed by atoms with Gasteiger partial charge in [0.25, 0.3) is 0 Å². The van der Waals surface area contributed by atoms with E-state index < -0.39 is 0 Å². The van der Waals surface area contributed by atoms with E-state index in [4.69, 9.17) is 23.2 Å². The van der Waals surface area contributed by atoms with Crippen LogP contribution in [0.4, 0.5) is 5.00 Å². The molecule has 4 rings (SSSR count). The van der Waals surface area contributed by atoms with Crippen molar-refractivity contribution in [2.24, 2.45) is 5.92 Å². The maximum Gasteiger partial charge on any atom is 0.235 e. The van der Waals surface area contributed by atoms with Crippen molar-refractivity contribution in [1.29, 1.82) is 5.26 Å². The molecule has 1 atom stereocenters. The highest BCUT2D eigenvalue weighted by atomic mass is 35.5. The fourth-order valence-electron chi connectivity index (χ4n) is 4.03. The van der Waals surface area contributed by atoms with Gasteiger partial charge in [0.05, 0.1) is 21.4 Å². The number of amides is 1. The second-order valence-corrected chi connectivity index (χ2v) is 10.7. The Kier molecular flexibility index (Phi) is 7.65. The van der Waals surface area contributed by atoms with E-state index in [0.717, 1.165) is 36.8 Å². The Morgan fingerprint density at radius 1 is 1.33 bits per heavy atom. The zero-order chi connectivity index (χ0) is 23.5. The molecule has 2 aromatic heterocycles. The van der Waals surface area contributed by atoms with Crippen LogP contribution in [0.15, 0.2) is 23.4 Å². The van der Waals surface area contributed by atoms with Gasteiger partial charge in [-0.1, -0.05) is 48.3 Å². The van der Waals surface area contributed by atoms with Crippen molar-refractivity contribution in [3.63, 3.8) is 0 Å². The van der Waals surface area contributed by atoms with Crippen molar-refractivity contribution in [2.45, 2.75) is 51.2 Å². The van der Waals surface area contributed by atoms with Gasteiger partial charge in [-0.15, -0.1) is 21.5 Å². The SMILES string of the molecule is CCC1CCc2c(sc(NC(=O)CSc3nnc(-c4ccc(Cl)c(Cl)c4)n3CC)c2C#N)C1. The lowest BCUT2D eigenvalue weighted by Crippen LogP contribution is -2.15.